The first-order chi connectivity index (χ1) is 11.6. The Morgan fingerprint density at radius 3 is 2.92 bits per heavy atom. The summed E-state index contributed by atoms with van der Waals surface area (Å²) in [5.74, 6) is 0.0709. The predicted molar refractivity (Wildman–Crippen MR) is 87.6 cm³/mol. The van der Waals surface area contributed by atoms with Gasteiger partial charge < -0.3 is 10.2 Å². The zero-order chi connectivity index (χ0) is 17.1. The molecule has 2 atom stereocenters. The van der Waals surface area contributed by atoms with Crippen LogP contribution in [0, 0.1) is 11.7 Å². The molecule has 0 radical (unpaired) electrons. The summed E-state index contributed by atoms with van der Waals surface area (Å²) >= 11 is 0. The van der Waals surface area contributed by atoms with E-state index in [1.54, 1.807) is 34.0 Å². The molecule has 128 valence electrons. The lowest BCUT2D eigenvalue weighted by Crippen LogP contribution is -2.39. The number of halogens is 1. The Morgan fingerprint density at radius 2 is 2.21 bits per heavy atom. The van der Waals surface area contributed by atoms with Crippen molar-refractivity contribution in [3.05, 3.63) is 47.5 Å². The minimum atomic E-state index is -0.264. The highest BCUT2D eigenvalue weighted by Gasteiger charge is 2.35. The highest BCUT2D eigenvalue weighted by molar-refractivity contribution is 5.75. The van der Waals surface area contributed by atoms with Crippen molar-refractivity contribution < 1.29 is 9.18 Å². The van der Waals surface area contributed by atoms with Crippen molar-refractivity contribution >= 4 is 6.03 Å². The van der Waals surface area contributed by atoms with Crippen molar-refractivity contribution in [1.29, 1.82) is 0 Å². The van der Waals surface area contributed by atoms with Crippen LogP contribution in [-0.2, 0) is 13.1 Å². The van der Waals surface area contributed by atoms with Crippen molar-refractivity contribution in [3.8, 4) is 0 Å². The maximum Gasteiger partial charge on any atom is 0.318 e. The molecule has 2 unspecified atom stereocenters. The van der Waals surface area contributed by atoms with E-state index in [2.05, 4.69) is 22.6 Å². The number of carbonyl (C=O) groups is 1. The lowest BCUT2D eigenvalue weighted by Gasteiger charge is -2.25. The molecule has 6 nitrogen and oxygen atoms in total. The van der Waals surface area contributed by atoms with Crippen LogP contribution in [0.5, 0.6) is 0 Å². The zero-order valence-corrected chi connectivity index (χ0v) is 13.9. The fourth-order valence-electron chi connectivity index (χ4n) is 3.15. The first-order valence-corrected chi connectivity index (χ1v) is 8.26. The number of amides is 2. The number of aryl methyl sites for hydroxylation is 1. The van der Waals surface area contributed by atoms with Crippen LogP contribution in [0.2, 0.25) is 0 Å². The second-order valence-corrected chi connectivity index (χ2v) is 6.25. The molecule has 1 N–H and O–H groups in total. The molecule has 2 heterocycles. The number of carbonyl (C=O) groups excluding carboxylic acids is 1. The highest BCUT2D eigenvalue weighted by atomic mass is 19.1. The quantitative estimate of drug-likeness (QED) is 0.937. The van der Waals surface area contributed by atoms with Crippen LogP contribution in [0.4, 0.5) is 9.18 Å². The third-order valence-corrected chi connectivity index (χ3v) is 4.37. The lowest BCUT2D eigenvalue weighted by molar-refractivity contribution is 0.190. The summed E-state index contributed by atoms with van der Waals surface area (Å²) in [6.45, 7) is 5.72. The zero-order valence-electron chi connectivity index (χ0n) is 13.9. The first kappa shape index (κ1) is 16.4. The summed E-state index contributed by atoms with van der Waals surface area (Å²) in [4.78, 5) is 14.3. The lowest BCUT2D eigenvalue weighted by atomic mass is 10.0. The van der Waals surface area contributed by atoms with Gasteiger partial charge >= 0.3 is 6.03 Å². The second-order valence-electron chi connectivity index (χ2n) is 6.25. The molecule has 2 amide bonds. The van der Waals surface area contributed by atoms with E-state index in [1.807, 2.05) is 6.92 Å². The van der Waals surface area contributed by atoms with Gasteiger partial charge in [-0.05, 0) is 25.3 Å². The molecule has 0 aliphatic carbocycles. The van der Waals surface area contributed by atoms with Gasteiger partial charge in [0.15, 0.2) is 0 Å². The molecule has 3 rings (SSSR count). The van der Waals surface area contributed by atoms with Crippen LogP contribution in [0.1, 0.15) is 37.6 Å². The smallest absolute Gasteiger partial charge is 0.318 e. The number of nitrogens with zero attached hydrogens (tertiary/aromatic N) is 4. The SMILES string of the molecule is CCn1cc(CNC(=O)N2CC(C)CC2c2ccccc2F)nn1. The Balaban J connectivity index is 1.69. The van der Waals surface area contributed by atoms with Crippen LogP contribution in [0.15, 0.2) is 30.5 Å². The summed E-state index contributed by atoms with van der Waals surface area (Å²) in [6.07, 6.45) is 2.57. The number of rotatable bonds is 4. The van der Waals surface area contributed by atoms with Gasteiger partial charge in [-0.1, -0.05) is 30.3 Å². The summed E-state index contributed by atoms with van der Waals surface area (Å²) in [5.41, 5.74) is 1.29. The Labute approximate surface area is 140 Å². The fraction of sp³-hybridized carbons (Fsp3) is 0.471. The standard InChI is InChI=1S/C17H22FN5O/c1-3-22-11-13(20-21-22)9-19-17(24)23-10-12(2)8-16(23)14-6-4-5-7-15(14)18/h4-7,11-12,16H,3,8-10H2,1-2H3,(H,19,24). The minimum absolute atomic E-state index is 0.196. The fourth-order valence-corrected chi connectivity index (χ4v) is 3.15. The summed E-state index contributed by atoms with van der Waals surface area (Å²) in [5, 5.41) is 10.8. The number of urea groups is 1. The van der Waals surface area contributed by atoms with E-state index >= 15 is 0 Å². The first-order valence-electron chi connectivity index (χ1n) is 8.26. The number of nitrogens with one attached hydrogen (secondary N) is 1. The van der Waals surface area contributed by atoms with Crippen LogP contribution in [0.25, 0.3) is 0 Å². The predicted octanol–water partition coefficient (Wildman–Crippen LogP) is 2.73. The van der Waals surface area contributed by atoms with Crippen LogP contribution in [-0.4, -0.2) is 32.5 Å². The molecule has 1 aromatic carbocycles. The van der Waals surface area contributed by atoms with Crippen LogP contribution >= 0.6 is 0 Å². The van der Waals surface area contributed by atoms with E-state index < -0.39 is 0 Å². The van der Waals surface area contributed by atoms with Crippen molar-refractivity contribution in [3.63, 3.8) is 0 Å². The van der Waals surface area contributed by atoms with Crippen molar-refractivity contribution in [1.82, 2.24) is 25.2 Å². The van der Waals surface area contributed by atoms with Gasteiger partial charge in [-0.2, -0.15) is 0 Å². The van der Waals surface area contributed by atoms with Gasteiger partial charge in [0.25, 0.3) is 0 Å². The molecule has 0 bridgehead atoms. The molecule has 1 aliphatic heterocycles. The molecular weight excluding hydrogens is 309 g/mol. The Morgan fingerprint density at radius 1 is 1.42 bits per heavy atom. The molecule has 1 aromatic heterocycles. The van der Waals surface area contributed by atoms with Gasteiger partial charge in [-0.3, -0.25) is 4.68 Å². The van der Waals surface area contributed by atoms with Gasteiger partial charge in [0.05, 0.1) is 18.8 Å². The van der Waals surface area contributed by atoms with Gasteiger partial charge in [0, 0.05) is 18.7 Å². The minimum Gasteiger partial charge on any atom is -0.332 e. The van der Waals surface area contributed by atoms with E-state index in [4.69, 9.17) is 0 Å². The second kappa shape index (κ2) is 6.98. The van der Waals surface area contributed by atoms with Crippen molar-refractivity contribution in [2.75, 3.05) is 6.54 Å². The van der Waals surface area contributed by atoms with Gasteiger partial charge in [0.2, 0.25) is 0 Å². The Hall–Kier alpha value is -2.44. The normalized spacial score (nSPS) is 20.4. The molecule has 1 saturated heterocycles. The van der Waals surface area contributed by atoms with Gasteiger partial charge in [-0.15, -0.1) is 5.10 Å². The average Bonchev–Trinajstić information content (AvgIpc) is 3.19. The monoisotopic (exact) mass is 331 g/mol. The van der Waals surface area contributed by atoms with Gasteiger partial charge in [-0.25, -0.2) is 9.18 Å². The molecule has 1 aliphatic rings. The third-order valence-electron chi connectivity index (χ3n) is 4.37. The Bertz CT molecular complexity index is 717. The maximum absolute atomic E-state index is 14.1. The molecule has 0 saturated carbocycles. The summed E-state index contributed by atoms with van der Waals surface area (Å²) < 4.78 is 15.8. The van der Waals surface area contributed by atoms with Crippen LogP contribution in [0.3, 0.4) is 0 Å². The average molecular weight is 331 g/mol. The third kappa shape index (κ3) is 3.39. The van der Waals surface area contributed by atoms with E-state index in [1.165, 1.54) is 6.07 Å². The molecule has 1 fully saturated rings. The molecule has 2 aromatic rings. The van der Waals surface area contributed by atoms with Crippen LogP contribution < -0.4 is 5.32 Å². The highest BCUT2D eigenvalue weighted by Crippen LogP contribution is 2.36. The van der Waals surface area contributed by atoms with Gasteiger partial charge in [0.1, 0.15) is 11.5 Å². The van der Waals surface area contributed by atoms with Crippen molar-refractivity contribution in [2.45, 2.75) is 39.4 Å². The van der Waals surface area contributed by atoms with E-state index in [-0.39, 0.29) is 17.9 Å². The topological polar surface area (TPSA) is 63.1 Å². The number of likely N-dealkylation sites (tertiary alicyclic amines) is 1. The van der Waals surface area contributed by atoms with E-state index in [0.717, 1.165) is 13.0 Å². The Kier molecular flexibility index (Phi) is 4.78. The largest absolute Gasteiger partial charge is 0.332 e. The van der Waals surface area contributed by atoms with Crippen molar-refractivity contribution in [2.24, 2.45) is 5.92 Å². The maximum atomic E-state index is 14.1. The molecule has 7 heteroatoms. The molecule has 0 spiro atoms. The molecular formula is C17H22FN5O. The number of hydrogen-bond acceptors (Lipinski definition) is 3. The number of benzene rings is 1. The summed E-state index contributed by atoms with van der Waals surface area (Å²) in [7, 11) is 0. The number of hydrogen-bond donors (Lipinski definition) is 1. The van der Waals surface area contributed by atoms with E-state index in [9.17, 15) is 9.18 Å². The molecule has 24 heavy (non-hydrogen) atoms. The van der Waals surface area contributed by atoms with E-state index in [0.29, 0.717) is 30.3 Å². The summed E-state index contributed by atoms with van der Waals surface area (Å²) in [6, 6.07) is 6.24. The number of aromatic nitrogens is 3.